The van der Waals surface area contributed by atoms with E-state index in [9.17, 15) is 22.8 Å². The van der Waals surface area contributed by atoms with Crippen LogP contribution in [0.1, 0.15) is 39.7 Å². The van der Waals surface area contributed by atoms with E-state index in [1.54, 1.807) is 0 Å². The summed E-state index contributed by atoms with van der Waals surface area (Å²) in [4.78, 5) is 27.4. The molecule has 0 aliphatic heterocycles. The van der Waals surface area contributed by atoms with Crippen LogP contribution in [0.2, 0.25) is 5.15 Å². The molecule has 0 aliphatic rings. The van der Waals surface area contributed by atoms with Crippen LogP contribution in [0, 0.1) is 5.41 Å². The molecule has 1 aromatic rings. The Hall–Kier alpha value is -2.13. The molecule has 0 radical (unpaired) electrons. The third-order valence-corrected chi connectivity index (χ3v) is 4.23. The number of aldehydes is 1. The van der Waals surface area contributed by atoms with Gasteiger partial charge in [0.1, 0.15) is 17.3 Å². The first-order valence-corrected chi connectivity index (χ1v) is 9.15. The highest BCUT2D eigenvalue weighted by Gasteiger charge is 2.34. The average molecular weight is 436 g/mol. The number of alkyl halides is 3. The summed E-state index contributed by atoms with van der Waals surface area (Å²) in [7, 11) is 1.35. The van der Waals surface area contributed by atoms with Crippen LogP contribution in [-0.4, -0.2) is 42.4 Å². The predicted octanol–water partition coefficient (Wildman–Crippen LogP) is 4.51. The second kappa shape index (κ2) is 10.1. The number of nitrogens with zero attached hydrogens (tertiary/aromatic N) is 2. The quantitative estimate of drug-likeness (QED) is 0.214. The lowest BCUT2D eigenvalue weighted by molar-refractivity contribution is -0.137. The number of rotatable bonds is 8. The van der Waals surface area contributed by atoms with Gasteiger partial charge in [-0.2, -0.15) is 13.2 Å². The number of nitrogens with one attached hydrogen (secondary N) is 1. The normalized spacial score (nSPS) is 13.0. The van der Waals surface area contributed by atoms with Crippen molar-refractivity contribution in [3.05, 3.63) is 34.0 Å². The van der Waals surface area contributed by atoms with Crippen LogP contribution in [0.15, 0.2) is 23.3 Å². The number of likely N-dealkylation sites (N-methyl/N-ethyl adjacent to an activating group) is 1. The van der Waals surface area contributed by atoms with Gasteiger partial charge in [-0.3, -0.25) is 20.0 Å². The standard InChI is InChI=1S/C19H25ClF3N3O3/c1-12(13(10-27)11-29-9-8-18(2,3)4)17(28)26(5)25-15-7-6-14(16(20)24-15)19(21,22)23/h6-7,10H,8-9,11H2,1-5H3,(H,24,25)/b13-12+. The van der Waals surface area contributed by atoms with E-state index in [2.05, 4.69) is 31.2 Å². The zero-order valence-electron chi connectivity index (χ0n) is 17.0. The molecule has 1 aromatic heterocycles. The van der Waals surface area contributed by atoms with Crippen molar-refractivity contribution in [1.29, 1.82) is 0 Å². The molecule has 0 aliphatic carbocycles. The Labute approximate surface area is 173 Å². The van der Waals surface area contributed by atoms with Crippen LogP contribution >= 0.6 is 11.6 Å². The summed E-state index contributed by atoms with van der Waals surface area (Å²) < 4.78 is 43.7. The molecule has 1 N–H and O–H groups in total. The largest absolute Gasteiger partial charge is 0.419 e. The first-order chi connectivity index (χ1) is 13.3. The van der Waals surface area contributed by atoms with Gasteiger partial charge in [-0.25, -0.2) is 4.98 Å². The van der Waals surface area contributed by atoms with Crippen molar-refractivity contribution in [3.63, 3.8) is 0 Å². The zero-order chi connectivity index (χ0) is 22.4. The first-order valence-electron chi connectivity index (χ1n) is 8.77. The summed E-state index contributed by atoms with van der Waals surface area (Å²) in [6.45, 7) is 8.06. The Morgan fingerprint density at radius 2 is 1.93 bits per heavy atom. The molecular formula is C19H25ClF3N3O3. The summed E-state index contributed by atoms with van der Waals surface area (Å²) >= 11 is 5.57. The number of ether oxygens (including phenoxy) is 1. The molecule has 10 heteroatoms. The van der Waals surface area contributed by atoms with E-state index in [0.29, 0.717) is 12.9 Å². The van der Waals surface area contributed by atoms with E-state index >= 15 is 0 Å². The van der Waals surface area contributed by atoms with Crippen molar-refractivity contribution in [1.82, 2.24) is 9.99 Å². The summed E-state index contributed by atoms with van der Waals surface area (Å²) in [5.74, 6) is -0.620. The molecule has 0 spiro atoms. The second-order valence-electron chi connectivity index (χ2n) is 7.64. The van der Waals surface area contributed by atoms with Gasteiger partial charge in [0.15, 0.2) is 0 Å². The fraction of sp³-hybridized carbons (Fsp3) is 0.526. The molecule has 1 rings (SSSR count). The van der Waals surface area contributed by atoms with Crippen LogP contribution in [-0.2, 0) is 20.5 Å². The number of hydrazine groups is 1. The second-order valence-corrected chi connectivity index (χ2v) is 8.00. The molecule has 0 fully saturated rings. The van der Waals surface area contributed by atoms with Crippen LogP contribution in [0.3, 0.4) is 0 Å². The van der Waals surface area contributed by atoms with Gasteiger partial charge in [0, 0.05) is 24.8 Å². The number of hydrogen-bond donors (Lipinski definition) is 1. The van der Waals surface area contributed by atoms with E-state index < -0.39 is 22.8 Å². The Morgan fingerprint density at radius 1 is 1.31 bits per heavy atom. The van der Waals surface area contributed by atoms with E-state index in [1.807, 2.05) is 0 Å². The number of hydrogen-bond acceptors (Lipinski definition) is 5. The van der Waals surface area contributed by atoms with Crippen molar-refractivity contribution in [2.45, 2.75) is 40.3 Å². The average Bonchev–Trinajstić information content (AvgIpc) is 2.58. The van der Waals surface area contributed by atoms with Gasteiger partial charge in [-0.05, 0) is 30.9 Å². The summed E-state index contributed by atoms with van der Waals surface area (Å²) in [6, 6.07) is 1.81. The molecule has 0 atom stereocenters. The minimum atomic E-state index is -4.63. The lowest BCUT2D eigenvalue weighted by Gasteiger charge is -2.21. The van der Waals surface area contributed by atoms with Crippen molar-refractivity contribution < 1.29 is 27.5 Å². The fourth-order valence-electron chi connectivity index (χ4n) is 2.11. The summed E-state index contributed by atoms with van der Waals surface area (Å²) in [5.41, 5.74) is 1.86. The van der Waals surface area contributed by atoms with Gasteiger partial charge < -0.3 is 4.74 Å². The number of halogens is 4. The number of pyridine rings is 1. The monoisotopic (exact) mass is 435 g/mol. The summed E-state index contributed by atoms with van der Waals surface area (Å²) in [5, 5.41) is 0.261. The smallest absolute Gasteiger partial charge is 0.377 e. The van der Waals surface area contributed by atoms with E-state index in [1.165, 1.54) is 14.0 Å². The highest BCUT2D eigenvalue weighted by molar-refractivity contribution is 6.30. The third kappa shape index (κ3) is 8.02. The van der Waals surface area contributed by atoms with Crippen molar-refractivity contribution in [2.24, 2.45) is 5.41 Å². The lowest BCUT2D eigenvalue weighted by Crippen LogP contribution is -2.34. The van der Waals surface area contributed by atoms with E-state index in [0.717, 1.165) is 23.6 Å². The van der Waals surface area contributed by atoms with Gasteiger partial charge in [0.2, 0.25) is 0 Å². The van der Waals surface area contributed by atoms with Gasteiger partial charge in [-0.15, -0.1) is 0 Å². The predicted molar refractivity (Wildman–Crippen MR) is 104 cm³/mol. The maximum absolute atomic E-state index is 12.7. The van der Waals surface area contributed by atoms with E-state index in [-0.39, 0.29) is 29.0 Å². The molecule has 29 heavy (non-hydrogen) atoms. The third-order valence-electron chi connectivity index (χ3n) is 3.94. The van der Waals surface area contributed by atoms with Crippen molar-refractivity contribution >= 4 is 29.6 Å². The highest BCUT2D eigenvalue weighted by atomic mass is 35.5. The first kappa shape index (κ1) is 24.9. The number of amides is 1. The van der Waals surface area contributed by atoms with Gasteiger partial charge >= 0.3 is 6.18 Å². The van der Waals surface area contributed by atoms with Crippen molar-refractivity contribution in [3.8, 4) is 0 Å². The van der Waals surface area contributed by atoms with Crippen LogP contribution < -0.4 is 5.43 Å². The minimum absolute atomic E-state index is 0.0185. The van der Waals surface area contributed by atoms with Gasteiger partial charge in [0.25, 0.3) is 5.91 Å². The molecule has 0 aromatic carbocycles. The SMILES string of the molecule is C/C(C(=O)N(C)Nc1ccc(C(F)(F)F)c(Cl)n1)=C(/C=O)COCCC(C)(C)C. The Morgan fingerprint density at radius 3 is 2.41 bits per heavy atom. The molecule has 1 heterocycles. The molecule has 6 nitrogen and oxygen atoms in total. The fourth-order valence-corrected chi connectivity index (χ4v) is 2.37. The Bertz CT molecular complexity index is 774. The van der Waals surface area contributed by atoms with Gasteiger partial charge in [0.05, 0.1) is 12.2 Å². The lowest BCUT2D eigenvalue weighted by atomic mass is 9.93. The topological polar surface area (TPSA) is 71.5 Å². The molecule has 0 bridgehead atoms. The molecule has 0 saturated carbocycles. The Kier molecular flexibility index (Phi) is 8.65. The number of carbonyl (C=O) groups excluding carboxylic acids is 2. The number of aromatic nitrogens is 1. The maximum atomic E-state index is 12.7. The van der Waals surface area contributed by atoms with Crippen LogP contribution in [0.4, 0.5) is 19.0 Å². The van der Waals surface area contributed by atoms with Crippen molar-refractivity contribution in [2.75, 3.05) is 25.7 Å². The van der Waals surface area contributed by atoms with Gasteiger partial charge in [-0.1, -0.05) is 32.4 Å². The van der Waals surface area contributed by atoms with Crippen LogP contribution in [0.5, 0.6) is 0 Å². The number of anilines is 1. The molecule has 0 unspecified atom stereocenters. The molecule has 0 saturated heterocycles. The molecule has 1 amide bonds. The molecule has 162 valence electrons. The molecular weight excluding hydrogens is 411 g/mol. The minimum Gasteiger partial charge on any atom is -0.377 e. The summed E-state index contributed by atoms with van der Waals surface area (Å²) in [6.07, 6.45) is -3.30. The maximum Gasteiger partial charge on any atom is 0.419 e. The Balaban J connectivity index is 2.81. The van der Waals surface area contributed by atoms with E-state index in [4.69, 9.17) is 16.3 Å². The zero-order valence-corrected chi connectivity index (χ0v) is 17.7. The van der Waals surface area contributed by atoms with Crippen LogP contribution in [0.25, 0.3) is 0 Å². The number of carbonyl (C=O) groups is 2. The highest BCUT2D eigenvalue weighted by Crippen LogP contribution is 2.34.